The highest BCUT2D eigenvalue weighted by Gasteiger charge is 2.48. The molecule has 370 valence electrons. The second-order valence-corrected chi connectivity index (χ2v) is 17.7. The van der Waals surface area contributed by atoms with Gasteiger partial charge in [-0.05, 0) is 83.5 Å². The zero-order valence-electron chi connectivity index (χ0n) is 39.6. The highest BCUT2D eigenvalue weighted by molar-refractivity contribution is 7.80. The van der Waals surface area contributed by atoms with Crippen LogP contribution in [0.3, 0.4) is 0 Å². The average Bonchev–Trinajstić information content (AvgIpc) is 3.27. The molecular formula is C51H88O12S. The molecule has 0 aromatic carbocycles. The first-order valence-corrected chi connectivity index (χ1v) is 26.1. The lowest BCUT2D eigenvalue weighted by molar-refractivity contribution is -0.301. The summed E-state index contributed by atoms with van der Waals surface area (Å²) in [4.78, 5) is 12.9. The number of carbonyl (C=O) groups is 1. The van der Waals surface area contributed by atoms with E-state index in [4.69, 9.17) is 18.9 Å². The van der Waals surface area contributed by atoms with Gasteiger partial charge in [-0.25, -0.2) is 4.18 Å². The van der Waals surface area contributed by atoms with Crippen molar-refractivity contribution >= 4 is 16.4 Å². The minimum atomic E-state index is -5.07. The predicted molar refractivity (Wildman–Crippen MR) is 257 cm³/mol. The van der Waals surface area contributed by atoms with E-state index in [2.05, 4.69) is 90.9 Å². The van der Waals surface area contributed by atoms with Crippen molar-refractivity contribution in [2.24, 2.45) is 0 Å². The summed E-state index contributed by atoms with van der Waals surface area (Å²) in [6.45, 7) is 3.81. The lowest BCUT2D eigenvalue weighted by Crippen LogP contribution is -2.60. The van der Waals surface area contributed by atoms with Crippen molar-refractivity contribution in [3.63, 3.8) is 0 Å². The van der Waals surface area contributed by atoms with Crippen molar-refractivity contribution < 1.29 is 56.2 Å². The molecule has 0 bridgehead atoms. The SMILES string of the molecule is CC/C=C\C/C=C\C/C=C\CCCCCCCC(=O)OC(COCCCCCCCCC/C=C\C/C=C\C/C=C\CCCCCCC)COC1OC(CO)C(O)C(OS(=O)(=O)O)C1O. The Balaban J connectivity index is 2.39. The molecule has 1 rings (SSSR count). The number of esters is 1. The molecule has 0 aromatic heterocycles. The highest BCUT2D eigenvalue weighted by Crippen LogP contribution is 2.26. The molecule has 0 aliphatic carbocycles. The van der Waals surface area contributed by atoms with E-state index in [1.807, 2.05) is 0 Å². The van der Waals surface area contributed by atoms with Crippen molar-refractivity contribution in [3.05, 3.63) is 72.9 Å². The van der Waals surface area contributed by atoms with Gasteiger partial charge in [0.2, 0.25) is 0 Å². The topological polar surface area (TPSA) is 178 Å². The Morgan fingerprint density at radius 2 is 1.08 bits per heavy atom. The maximum atomic E-state index is 12.9. The minimum absolute atomic E-state index is 0.0182. The molecule has 13 heteroatoms. The molecule has 0 radical (unpaired) electrons. The molecule has 0 spiro atoms. The molecule has 12 nitrogen and oxygen atoms in total. The molecule has 64 heavy (non-hydrogen) atoms. The first-order chi connectivity index (χ1) is 31.1. The van der Waals surface area contributed by atoms with Crippen molar-refractivity contribution in [1.82, 2.24) is 0 Å². The van der Waals surface area contributed by atoms with Gasteiger partial charge in [-0.3, -0.25) is 9.35 Å². The number of unbranched alkanes of at least 4 members (excludes halogenated alkanes) is 17. The Bertz CT molecular complexity index is 1390. The number of carbonyl (C=O) groups excluding carboxylic acids is 1. The molecule has 1 aliphatic rings. The fraction of sp³-hybridized carbons (Fsp3) is 0.745. The van der Waals surface area contributed by atoms with Gasteiger partial charge < -0.3 is 34.3 Å². The molecule has 6 atom stereocenters. The van der Waals surface area contributed by atoms with Crippen LogP contribution >= 0.6 is 0 Å². The molecule has 0 aromatic rings. The molecule has 1 fully saturated rings. The van der Waals surface area contributed by atoms with Crippen molar-refractivity contribution in [2.45, 2.75) is 218 Å². The second-order valence-electron chi connectivity index (χ2n) is 16.7. The summed E-state index contributed by atoms with van der Waals surface area (Å²) in [5.41, 5.74) is 0. The van der Waals surface area contributed by atoms with E-state index in [-0.39, 0.29) is 19.6 Å². The molecule has 1 heterocycles. The summed E-state index contributed by atoms with van der Waals surface area (Å²) < 4.78 is 59.1. The van der Waals surface area contributed by atoms with Crippen LogP contribution in [0.2, 0.25) is 0 Å². The molecule has 0 saturated carbocycles. The molecular weight excluding hydrogens is 837 g/mol. The normalized spacial score (nSPS) is 20.4. The molecule has 4 N–H and O–H groups in total. The third kappa shape index (κ3) is 34.8. The zero-order chi connectivity index (χ0) is 46.8. The summed E-state index contributed by atoms with van der Waals surface area (Å²) in [5, 5.41) is 30.7. The lowest BCUT2D eigenvalue weighted by atomic mass is 9.99. The van der Waals surface area contributed by atoms with Gasteiger partial charge in [0, 0.05) is 13.0 Å². The second kappa shape index (κ2) is 41.9. The molecule has 6 unspecified atom stereocenters. The van der Waals surface area contributed by atoms with Crippen molar-refractivity contribution in [3.8, 4) is 0 Å². The summed E-state index contributed by atoms with van der Waals surface area (Å²) in [7, 11) is -5.07. The predicted octanol–water partition coefficient (Wildman–Crippen LogP) is 11.1. The molecule has 0 amide bonds. The fourth-order valence-electron chi connectivity index (χ4n) is 7.10. The Morgan fingerprint density at radius 3 is 1.58 bits per heavy atom. The number of ether oxygens (including phenoxy) is 4. The molecule has 1 saturated heterocycles. The number of allylic oxidation sites excluding steroid dienone is 12. The van der Waals surface area contributed by atoms with Gasteiger partial charge in [0.15, 0.2) is 6.29 Å². The van der Waals surface area contributed by atoms with Crippen LogP contribution in [-0.2, 0) is 38.3 Å². The lowest BCUT2D eigenvalue weighted by Gasteiger charge is -2.41. The quantitative estimate of drug-likeness (QED) is 0.0197. The maximum absolute atomic E-state index is 12.9. The van der Waals surface area contributed by atoms with Crippen LogP contribution in [0.25, 0.3) is 0 Å². The zero-order valence-corrected chi connectivity index (χ0v) is 40.4. The van der Waals surface area contributed by atoms with Gasteiger partial charge in [0.05, 0.1) is 19.8 Å². The minimum Gasteiger partial charge on any atom is -0.457 e. The monoisotopic (exact) mass is 925 g/mol. The van der Waals surface area contributed by atoms with E-state index in [9.17, 15) is 33.1 Å². The van der Waals surface area contributed by atoms with Gasteiger partial charge in [0.1, 0.15) is 30.5 Å². The van der Waals surface area contributed by atoms with Crippen LogP contribution in [0.15, 0.2) is 72.9 Å². The van der Waals surface area contributed by atoms with Crippen LogP contribution in [0.1, 0.15) is 181 Å². The number of hydrogen-bond donors (Lipinski definition) is 4. The van der Waals surface area contributed by atoms with Gasteiger partial charge in [-0.2, -0.15) is 8.42 Å². The Kier molecular flexibility index (Phi) is 39.0. The van der Waals surface area contributed by atoms with Gasteiger partial charge in [0.25, 0.3) is 0 Å². The first-order valence-electron chi connectivity index (χ1n) is 24.7. The van der Waals surface area contributed by atoms with E-state index < -0.39 is 59.8 Å². The first kappa shape index (κ1) is 59.6. The van der Waals surface area contributed by atoms with E-state index in [0.29, 0.717) is 13.0 Å². The van der Waals surface area contributed by atoms with Crippen LogP contribution in [0.5, 0.6) is 0 Å². The molecule has 1 aliphatic heterocycles. The summed E-state index contributed by atoms with van der Waals surface area (Å²) in [6, 6.07) is 0. The van der Waals surface area contributed by atoms with Crippen LogP contribution in [-0.4, -0.2) is 97.5 Å². The number of rotatable bonds is 42. The summed E-state index contributed by atoms with van der Waals surface area (Å²) in [5.74, 6) is -0.422. The highest BCUT2D eigenvalue weighted by atomic mass is 32.3. The standard InChI is InChI=1S/C51H88O12S/c1-3-5-7-9-11-13-15-17-19-20-21-22-23-24-25-27-29-31-33-35-37-39-41-59-43-45(44-60-51-49(55)50(63-64(56,57)58)48(54)46(42-52)62-51)61-47(53)40-38-36-34-32-30-28-26-18-16-14-12-10-8-6-4-2/h6,8,12,14-15,17-18,20-21,23-24,26,45-46,48-52,54-55H,3-5,7,9-11,13,16,19,22,25,27-44H2,1-2H3,(H,56,57,58)/b8-6-,14-12-,17-15-,21-20-,24-23-,26-18-. The van der Waals surface area contributed by atoms with Crippen LogP contribution < -0.4 is 0 Å². The van der Waals surface area contributed by atoms with Gasteiger partial charge >= 0.3 is 16.4 Å². The van der Waals surface area contributed by atoms with Crippen LogP contribution in [0, 0.1) is 0 Å². The van der Waals surface area contributed by atoms with Crippen LogP contribution in [0.4, 0.5) is 0 Å². The van der Waals surface area contributed by atoms with Crippen molar-refractivity contribution in [2.75, 3.05) is 26.4 Å². The Morgan fingerprint density at radius 1 is 0.609 bits per heavy atom. The third-order valence-electron chi connectivity index (χ3n) is 10.8. The van der Waals surface area contributed by atoms with E-state index in [1.54, 1.807) is 0 Å². The van der Waals surface area contributed by atoms with E-state index in [0.717, 1.165) is 96.3 Å². The average molecular weight is 925 g/mol. The van der Waals surface area contributed by atoms with Crippen molar-refractivity contribution in [1.29, 1.82) is 0 Å². The number of aliphatic hydroxyl groups is 3. The van der Waals surface area contributed by atoms with Gasteiger partial charge in [-0.15, -0.1) is 0 Å². The Labute approximate surface area is 388 Å². The third-order valence-corrected chi connectivity index (χ3v) is 11.3. The summed E-state index contributed by atoms with van der Waals surface area (Å²) >= 11 is 0. The smallest absolute Gasteiger partial charge is 0.397 e. The fourth-order valence-corrected chi connectivity index (χ4v) is 7.61. The summed E-state index contributed by atoms with van der Waals surface area (Å²) in [6.07, 6.45) is 45.0. The number of hydrogen-bond acceptors (Lipinski definition) is 11. The largest absolute Gasteiger partial charge is 0.457 e. The van der Waals surface area contributed by atoms with E-state index in [1.165, 1.54) is 57.8 Å². The van der Waals surface area contributed by atoms with E-state index >= 15 is 0 Å². The number of aliphatic hydroxyl groups excluding tert-OH is 3. The van der Waals surface area contributed by atoms with Gasteiger partial charge in [-0.1, -0.05) is 164 Å². The maximum Gasteiger partial charge on any atom is 0.397 e. The Hall–Kier alpha value is -2.46.